The van der Waals surface area contributed by atoms with Crippen LogP contribution in [0.15, 0.2) is 36.4 Å². The predicted molar refractivity (Wildman–Crippen MR) is 107 cm³/mol. The van der Waals surface area contributed by atoms with Crippen molar-refractivity contribution in [2.24, 2.45) is 0 Å². The van der Waals surface area contributed by atoms with Gasteiger partial charge in [0.05, 0.1) is 26.6 Å². The van der Waals surface area contributed by atoms with E-state index in [2.05, 4.69) is 11.4 Å². The molecule has 0 aromatic heterocycles. The minimum atomic E-state index is -0.0615. The highest BCUT2D eigenvalue weighted by atomic mass is 32.2. The number of carbonyl (C=O) groups is 1. The molecule has 1 amide bonds. The molecule has 2 aromatic rings. The maximum atomic E-state index is 12.0. The molecule has 0 radical (unpaired) electrons. The van der Waals surface area contributed by atoms with Crippen molar-refractivity contribution in [1.29, 1.82) is 0 Å². The number of anilines is 1. The van der Waals surface area contributed by atoms with E-state index < -0.39 is 0 Å². The number of rotatable bonds is 9. The van der Waals surface area contributed by atoms with E-state index in [-0.39, 0.29) is 5.91 Å². The smallest absolute Gasteiger partial charge is 0.234 e. The predicted octanol–water partition coefficient (Wildman–Crippen LogP) is 4.07. The molecule has 1 N–H and O–H groups in total. The molecule has 0 fully saturated rings. The maximum Gasteiger partial charge on any atom is 0.234 e. The van der Waals surface area contributed by atoms with Crippen molar-refractivity contribution in [3.05, 3.63) is 47.5 Å². The topological polar surface area (TPSA) is 56.8 Å². The molecule has 0 atom stereocenters. The molecule has 0 heterocycles. The van der Waals surface area contributed by atoms with Gasteiger partial charge in [0.2, 0.25) is 5.91 Å². The van der Waals surface area contributed by atoms with Crippen LogP contribution in [0.25, 0.3) is 0 Å². The number of nitrogens with one attached hydrogen (secondary N) is 1. The van der Waals surface area contributed by atoms with E-state index in [0.717, 1.165) is 11.5 Å². The van der Waals surface area contributed by atoms with Crippen LogP contribution in [0.4, 0.5) is 5.69 Å². The minimum Gasteiger partial charge on any atom is -0.493 e. The number of methoxy groups -OCH3 is 2. The summed E-state index contributed by atoms with van der Waals surface area (Å²) in [5.74, 6) is 3.13. The Morgan fingerprint density at radius 3 is 2.35 bits per heavy atom. The number of benzene rings is 2. The average molecular weight is 375 g/mol. The van der Waals surface area contributed by atoms with E-state index in [9.17, 15) is 4.79 Å². The SMILES string of the molecule is COc1ccc(NC(=O)CSCCOc2cc(C)cc(C)c2)cc1OC. The summed E-state index contributed by atoms with van der Waals surface area (Å²) in [4.78, 5) is 12.0. The lowest BCUT2D eigenvalue weighted by molar-refractivity contribution is -0.113. The van der Waals surface area contributed by atoms with Crippen LogP contribution in [0.3, 0.4) is 0 Å². The second kappa shape index (κ2) is 9.97. The van der Waals surface area contributed by atoms with Gasteiger partial charge in [-0.15, -0.1) is 11.8 Å². The van der Waals surface area contributed by atoms with Crippen LogP contribution < -0.4 is 19.5 Å². The van der Waals surface area contributed by atoms with Crippen LogP contribution in [0.5, 0.6) is 17.2 Å². The zero-order valence-electron chi connectivity index (χ0n) is 15.6. The Kier molecular flexibility index (Phi) is 7.66. The van der Waals surface area contributed by atoms with Crippen LogP contribution in [0.2, 0.25) is 0 Å². The van der Waals surface area contributed by atoms with Crippen molar-refractivity contribution in [2.45, 2.75) is 13.8 Å². The Bertz CT molecular complexity index is 728. The summed E-state index contributed by atoms with van der Waals surface area (Å²) in [5, 5.41) is 2.86. The molecule has 0 spiro atoms. The molecule has 26 heavy (non-hydrogen) atoms. The third kappa shape index (κ3) is 6.19. The van der Waals surface area contributed by atoms with Gasteiger partial charge < -0.3 is 19.5 Å². The molecule has 0 aliphatic heterocycles. The van der Waals surface area contributed by atoms with E-state index in [1.54, 1.807) is 32.4 Å². The first-order valence-electron chi connectivity index (χ1n) is 8.32. The van der Waals surface area contributed by atoms with Gasteiger partial charge >= 0.3 is 0 Å². The fourth-order valence-corrected chi connectivity index (χ4v) is 3.11. The zero-order chi connectivity index (χ0) is 18.9. The molecule has 0 unspecified atom stereocenters. The fourth-order valence-electron chi connectivity index (χ4n) is 2.51. The second-order valence-corrected chi connectivity index (χ2v) is 6.95. The largest absolute Gasteiger partial charge is 0.493 e. The lowest BCUT2D eigenvalue weighted by Crippen LogP contribution is -2.15. The maximum absolute atomic E-state index is 12.0. The first kappa shape index (κ1) is 20.0. The second-order valence-electron chi connectivity index (χ2n) is 5.84. The lowest BCUT2D eigenvalue weighted by atomic mass is 10.1. The van der Waals surface area contributed by atoms with Crippen LogP contribution in [0, 0.1) is 13.8 Å². The molecule has 0 aliphatic rings. The zero-order valence-corrected chi connectivity index (χ0v) is 16.4. The molecule has 0 bridgehead atoms. The summed E-state index contributed by atoms with van der Waals surface area (Å²) < 4.78 is 16.2. The quantitative estimate of drug-likeness (QED) is 0.670. The van der Waals surface area contributed by atoms with Crippen molar-refractivity contribution >= 4 is 23.4 Å². The van der Waals surface area contributed by atoms with Gasteiger partial charge in [-0.2, -0.15) is 0 Å². The molecule has 0 aliphatic carbocycles. The third-order valence-electron chi connectivity index (χ3n) is 3.59. The minimum absolute atomic E-state index is 0.0615. The van der Waals surface area contributed by atoms with Gasteiger partial charge in [-0.05, 0) is 49.2 Å². The Labute approximate surface area is 159 Å². The van der Waals surface area contributed by atoms with Crippen LogP contribution in [-0.4, -0.2) is 38.2 Å². The number of hydrogen-bond acceptors (Lipinski definition) is 5. The summed E-state index contributed by atoms with van der Waals surface area (Å²) in [6, 6.07) is 11.4. The highest BCUT2D eigenvalue weighted by molar-refractivity contribution is 7.99. The molecule has 6 heteroatoms. The van der Waals surface area contributed by atoms with Crippen molar-refractivity contribution in [1.82, 2.24) is 0 Å². The first-order chi connectivity index (χ1) is 12.5. The van der Waals surface area contributed by atoms with Crippen LogP contribution in [-0.2, 0) is 4.79 Å². The van der Waals surface area contributed by atoms with E-state index in [0.29, 0.717) is 29.5 Å². The van der Waals surface area contributed by atoms with Crippen molar-refractivity contribution in [3.8, 4) is 17.2 Å². The van der Waals surface area contributed by atoms with Gasteiger partial charge in [0.15, 0.2) is 11.5 Å². The van der Waals surface area contributed by atoms with Gasteiger partial charge in [-0.25, -0.2) is 0 Å². The van der Waals surface area contributed by atoms with Crippen molar-refractivity contribution in [2.75, 3.05) is 37.6 Å². The Morgan fingerprint density at radius 2 is 1.69 bits per heavy atom. The van der Waals surface area contributed by atoms with Gasteiger partial charge in [0.25, 0.3) is 0 Å². The third-order valence-corrected chi connectivity index (χ3v) is 4.51. The van der Waals surface area contributed by atoms with E-state index in [4.69, 9.17) is 14.2 Å². The van der Waals surface area contributed by atoms with E-state index in [1.165, 1.54) is 22.9 Å². The standard InChI is InChI=1S/C20H25NO4S/c1-14-9-15(2)11-17(10-14)25-7-8-26-13-20(22)21-16-5-6-18(23-3)19(12-16)24-4/h5-6,9-12H,7-8,13H2,1-4H3,(H,21,22). The van der Waals surface area contributed by atoms with Gasteiger partial charge in [0.1, 0.15) is 5.75 Å². The average Bonchev–Trinajstić information content (AvgIpc) is 2.60. The van der Waals surface area contributed by atoms with Gasteiger partial charge in [0, 0.05) is 17.5 Å². The van der Waals surface area contributed by atoms with Gasteiger partial charge in [-0.1, -0.05) is 6.07 Å². The molecule has 2 aromatic carbocycles. The summed E-state index contributed by atoms with van der Waals surface area (Å²) in [6.45, 7) is 4.66. The Morgan fingerprint density at radius 1 is 1.00 bits per heavy atom. The number of carbonyl (C=O) groups excluding carboxylic acids is 1. The summed E-state index contributed by atoms with van der Waals surface area (Å²) in [6.07, 6.45) is 0. The van der Waals surface area contributed by atoms with E-state index in [1.807, 2.05) is 26.0 Å². The summed E-state index contributed by atoms with van der Waals surface area (Å²) >= 11 is 1.53. The number of aryl methyl sites for hydroxylation is 2. The van der Waals surface area contributed by atoms with Crippen molar-refractivity contribution < 1.29 is 19.0 Å². The molecule has 0 saturated heterocycles. The molecule has 0 saturated carbocycles. The summed E-state index contributed by atoms with van der Waals surface area (Å²) in [7, 11) is 3.14. The van der Waals surface area contributed by atoms with Crippen LogP contribution in [0.1, 0.15) is 11.1 Å². The number of hydrogen-bond donors (Lipinski definition) is 1. The highest BCUT2D eigenvalue weighted by Crippen LogP contribution is 2.29. The molecular weight excluding hydrogens is 350 g/mol. The van der Waals surface area contributed by atoms with Gasteiger partial charge in [-0.3, -0.25) is 4.79 Å². The Hall–Kier alpha value is -2.34. The molecular formula is C20H25NO4S. The number of amides is 1. The number of thioether (sulfide) groups is 1. The monoisotopic (exact) mass is 375 g/mol. The van der Waals surface area contributed by atoms with E-state index >= 15 is 0 Å². The highest BCUT2D eigenvalue weighted by Gasteiger charge is 2.07. The summed E-state index contributed by atoms with van der Waals surface area (Å²) in [5.41, 5.74) is 3.05. The number of ether oxygens (including phenoxy) is 3. The van der Waals surface area contributed by atoms with Crippen LogP contribution >= 0.6 is 11.8 Å². The molecule has 140 valence electrons. The molecule has 2 rings (SSSR count). The lowest BCUT2D eigenvalue weighted by Gasteiger charge is -2.11. The van der Waals surface area contributed by atoms with Crippen molar-refractivity contribution in [3.63, 3.8) is 0 Å². The Balaban J connectivity index is 1.72. The fraction of sp³-hybridized carbons (Fsp3) is 0.350. The molecule has 5 nitrogen and oxygen atoms in total. The normalized spacial score (nSPS) is 10.3. The first-order valence-corrected chi connectivity index (χ1v) is 9.48.